The minimum Gasteiger partial charge on any atom is -0.432 e. The lowest BCUT2D eigenvalue weighted by Gasteiger charge is -2.70. The normalized spacial score (nSPS) is 56.1. The second kappa shape index (κ2) is 17.8. The molecule has 66 heavy (non-hydrogen) atoms. The van der Waals surface area contributed by atoms with E-state index in [-0.39, 0.29) is 40.9 Å². The molecule has 0 amide bonds. The maximum absolute atomic E-state index is 14.9. The first-order chi connectivity index (χ1) is 30.8. The molecular weight excluding hydrogens is 868 g/mol. The minimum atomic E-state index is -1.89. The number of aliphatic hydroxyl groups is 11. The highest BCUT2D eigenvalue weighted by Gasteiger charge is 2.70. The highest BCUT2D eigenvalue weighted by Crippen LogP contribution is 2.75. The highest BCUT2D eigenvalue weighted by molar-refractivity contribution is 5.79. The largest absolute Gasteiger partial charge is 0.432 e. The van der Waals surface area contributed by atoms with Gasteiger partial charge in [-0.3, -0.25) is 4.79 Å². The molecule has 0 unspecified atom stereocenters. The molecule has 11 N–H and O–H groups in total. The summed E-state index contributed by atoms with van der Waals surface area (Å²) in [7, 11) is 0. The van der Waals surface area contributed by atoms with Gasteiger partial charge in [0.05, 0.1) is 41.9 Å². The van der Waals surface area contributed by atoms with Crippen molar-refractivity contribution in [2.24, 2.45) is 44.8 Å². The van der Waals surface area contributed by atoms with E-state index in [0.29, 0.717) is 32.1 Å². The summed E-state index contributed by atoms with van der Waals surface area (Å²) in [5.74, 6) is -0.930. The fourth-order valence-electron chi connectivity index (χ4n) is 14.5. The van der Waals surface area contributed by atoms with Crippen LogP contribution in [0.15, 0.2) is 11.6 Å². The van der Waals surface area contributed by atoms with Gasteiger partial charge in [0, 0.05) is 0 Å². The fraction of sp³-hybridized carbons (Fsp3) is 0.915. The summed E-state index contributed by atoms with van der Waals surface area (Å²) in [4.78, 5) is 27.5. The predicted molar refractivity (Wildman–Crippen MR) is 226 cm³/mol. The van der Waals surface area contributed by atoms with Crippen LogP contribution in [0.2, 0.25) is 0 Å². The molecule has 4 saturated carbocycles. The standard InChI is InChI=1S/C47H74O19/c1-21-29(51)31(53)34(56)39(62-21)65-37-24(18-48)63-38(36(58)33(37)55)61-19-25-30(52)32(54)35(57)40(64-25)66-41(59)47-15-13-42(2,60)17-23(47)22-7-8-27-43(3)11-10-28(50)44(4,20-49)26(43)9-12-46(27,6)45(22,5)14-16-47/h7,20-21,23-40,48,50-58,60H,8-19H2,1-6H3/t21-,23-,24+,25+,26+,27+,28+,29-,30+,31+,32-,33+,34+,35+,36+,37+,38+,39-,40-,42+,43-,44-,45+,46+,47-/m0/s1. The first kappa shape index (κ1) is 50.6. The van der Waals surface area contributed by atoms with Crippen molar-refractivity contribution in [3.05, 3.63) is 11.6 Å². The van der Waals surface area contributed by atoms with E-state index >= 15 is 0 Å². The van der Waals surface area contributed by atoms with Gasteiger partial charge in [0.15, 0.2) is 12.6 Å². The Labute approximate surface area is 385 Å². The zero-order valence-electron chi connectivity index (χ0n) is 38.8. The smallest absolute Gasteiger partial charge is 0.315 e. The van der Waals surface area contributed by atoms with E-state index < -0.39 is 140 Å². The molecule has 376 valence electrons. The van der Waals surface area contributed by atoms with Crippen LogP contribution >= 0.6 is 0 Å². The molecule has 7 fully saturated rings. The third-order valence-electron chi connectivity index (χ3n) is 19.0. The lowest BCUT2D eigenvalue weighted by atomic mass is 9.33. The number of carbonyl (C=O) groups excluding carboxylic acids is 2. The molecule has 19 nitrogen and oxygen atoms in total. The zero-order valence-corrected chi connectivity index (χ0v) is 38.8. The van der Waals surface area contributed by atoms with E-state index in [2.05, 4.69) is 26.8 Å². The van der Waals surface area contributed by atoms with Gasteiger partial charge in [-0.25, -0.2) is 0 Å². The van der Waals surface area contributed by atoms with Gasteiger partial charge in [-0.05, 0) is 112 Å². The number of hydrogen-bond acceptors (Lipinski definition) is 19. The molecule has 0 spiro atoms. The summed E-state index contributed by atoms with van der Waals surface area (Å²) < 4.78 is 34.5. The molecule has 19 heteroatoms. The summed E-state index contributed by atoms with van der Waals surface area (Å²) in [6, 6.07) is 0. The number of allylic oxidation sites excluding steroid dienone is 2. The maximum atomic E-state index is 14.9. The molecule has 8 rings (SSSR count). The highest BCUT2D eigenvalue weighted by atomic mass is 16.8. The summed E-state index contributed by atoms with van der Waals surface area (Å²) >= 11 is 0. The Hall–Kier alpha value is -1.76. The lowest BCUT2D eigenvalue weighted by molar-refractivity contribution is -0.361. The van der Waals surface area contributed by atoms with Crippen LogP contribution in [0.4, 0.5) is 0 Å². The molecule has 5 aliphatic carbocycles. The van der Waals surface area contributed by atoms with Crippen LogP contribution in [-0.4, -0.2) is 185 Å². The van der Waals surface area contributed by atoms with E-state index in [1.807, 2.05) is 6.92 Å². The summed E-state index contributed by atoms with van der Waals surface area (Å²) in [5.41, 5.74) is -2.84. The fourth-order valence-corrected chi connectivity index (χ4v) is 14.5. The quantitative estimate of drug-likeness (QED) is 0.0756. The number of carbonyl (C=O) groups is 2. The molecule has 3 heterocycles. The lowest BCUT2D eigenvalue weighted by Crippen LogP contribution is -2.66. The zero-order chi connectivity index (χ0) is 48.3. The number of aliphatic hydroxyl groups excluding tert-OH is 10. The van der Waals surface area contributed by atoms with E-state index in [1.54, 1.807) is 6.92 Å². The molecular formula is C47H74O19. The van der Waals surface area contributed by atoms with E-state index in [4.69, 9.17) is 28.4 Å². The number of aldehydes is 1. The van der Waals surface area contributed by atoms with Gasteiger partial charge in [-0.15, -0.1) is 0 Å². The maximum Gasteiger partial charge on any atom is 0.315 e. The van der Waals surface area contributed by atoms with Crippen molar-refractivity contribution in [2.75, 3.05) is 13.2 Å². The molecule has 8 aliphatic rings. The van der Waals surface area contributed by atoms with Crippen LogP contribution in [0.25, 0.3) is 0 Å². The van der Waals surface area contributed by atoms with Gasteiger partial charge in [0.1, 0.15) is 73.4 Å². The van der Waals surface area contributed by atoms with Crippen molar-refractivity contribution in [2.45, 2.75) is 210 Å². The molecule has 25 atom stereocenters. The topological polar surface area (TPSA) is 312 Å². The van der Waals surface area contributed by atoms with Gasteiger partial charge in [-0.2, -0.15) is 0 Å². The molecule has 3 saturated heterocycles. The van der Waals surface area contributed by atoms with Crippen LogP contribution in [0.3, 0.4) is 0 Å². The van der Waals surface area contributed by atoms with E-state index in [0.717, 1.165) is 31.1 Å². The SMILES string of the molecule is C[C@@H]1O[C@@H](O[C@H]2[C@H](O)[C@@H](O)[C@H](OC[C@H]3O[C@@H](OC(=O)[C@]45CC[C@@](C)(O)C[C@H]4C4=CC[C@@H]6[C@@]7(C)CC[C@@H](O)[C@@](C)(C=O)[C@@H]7CC[C@@]6(C)[C@]4(C)CC5)[C@H](O)[C@@H](O)[C@@H]3O)O[C@@H]2CO)[C@H](O)[C@H](O)[C@H]1O. The Balaban J connectivity index is 0.977. The van der Waals surface area contributed by atoms with Gasteiger partial charge in [0.25, 0.3) is 0 Å². The summed E-state index contributed by atoms with van der Waals surface area (Å²) in [5, 5.41) is 119. The molecule has 0 radical (unpaired) electrons. The Kier molecular flexibility index (Phi) is 13.7. The second-order valence-corrected chi connectivity index (χ2v) is 22.5. The number of esters is 1. The average molecular weight is 943 g/mol. The minimum absolute atomic E-state index is 0.00694. The Morgan fingerprint density at radius 2 is 1.36 bits per heavy atom. The molecule has 0 aromatic rings. The summed E-state index contributed by atoms with van der Waals surface area (Å²) in [6.45, 7) is 10.6. The number of hydrogen-bond donors (Lipinski definition) is 11. The predicted octanol–water partition coefficient (Wildman–Crippen LogP) is -0.928. The van der Waals surface area contributed by atoms with Crippen molar-refractivity contribution in [1.82, 2.24) is 0 Å². The van der Waals surface area contributed by atoms with Crippen LogP contribution in [-0.2, 0) is 38.0 Å². The van der Waals surface area contributed by atoms with Crippen LogP contribution in [0.1, 0.15) is 106 Å². The van der Waals surface area contributed by atoms with Crippen molar-refractivity contribution in [3.63, 3.8) is 0 Å². The Morgan fingerprint density at radius 3 is 2.05 bits per heavy atom. The van der Waals surface area contributed by atoms with Crippen molar-refractivity contribution >= 4 is 12.3 Å². The molecule has 3 aliphatic heterocycles. The van der Waals surface area contributed by atoms with Gasteiger partial charge < -0.3 is 89.4 Å². The summed E-state index contributed by atoms with van der Waals surface area (Å²) in [6.07, 6.45) is -16.6. The average Bonchev–Trinajstić information content (AvgIpc) is 3.27. The van der Waals surface area contributed by atoms with E-state index in [1.165, 1.54) is 6.92 Å². The van der Waals surface area contributed by atoms with Crippen molar-refractivity contribution in [1.29, 1.82) is 0 Å². The van der Waals surface area contributed by atoms with E-state index in [9.17, 15) is 65.8 Å². The van der Waals surface area contributed by atoms with Gasteiger partial charge in [-0.1, -0.05) is 39.3 Å². The third-order valence-corrected chi connectivity index (χ3v) is 19.0. The first-order valence-electron chi connectivity index (χ1n) is 23.9. The van der Waals surface area contributed by atoms with Crippen LogP contribution < -0.4 is 0 Å². The molecule has 0 aromatic heterocycles. The molecule has 0 bridgehead atoms. The third kappa shape index (κ3) is 7.78. The van der Waals surface area contributed by atoms with Crippen molar-refractivity contribution < 1.29 is 94.2 Å². The Morgan fingerprint density at radius 1 is 0.727 bits per heavy atom. The van der Waals surface area contributed by atoms with Crippen molar-refractivity contribution in [3.8, 4) is 0 Å². The first-order valence-corrected chi connectivity index (χ1v) is 23.9. The van der Waals surface area contributed by atoms with Gasteiger partial charge in [0.2, 0.25) is 6.29 Å². The Bertz CT molecular complexity index is 1830. The van der Waals surface area contributed by atoms with Crippen LogP contribution in [0.5, 0.6) is 0 Å². The number of rotatable bonds is 9. The molecule has 0 aromatic carbocycles. The van der Waals surface area contributed by atoms with Gasteiger partial charge >= 0.3 is 5.97 Å². The monoisotopic (exact) mass is 942 g/mol. The number of ether oxygens (including phenoxy) is 6. The second-order valence-electron chi connectivity index (χ2n) is 22.5. The van der Waals surface area contributed by atoms with Crippen LogP contribution in [0, 0.1) is 44.8 Å². The number of fused-ring (bicyclic) bond motifs is 7.